The highest BCUT2D eigenvalue weighted by Crippen LogP contribution is 2.36. The van der Waals surface area contributed by atoms with E-state index in [1.54, 1.807) is 12.1 Å². The van der Waals surface area contributed by atoms with Crippen molar-refractivity contribution in [3.8, 4) is 11.1 Å². The summed E-state index contributed by atoms with van der Waals surface area (Å²) in [6, 6.07) is 8.65. The van der Waals surface area contributed by atoms with E-state index in [-0.39, 0.29) is 17.1 Å². The molecule has 2 aromatic heterocycles. The molecule has 5 rings (SSSR count). The van der Waals surface area contributed by atoms with Gasteiger partial charge in [-0.25, -0.2) is 19.1 Å². The predicted octanol–water partition coefficient (Wildman–Crippen LogP) is 4.18. The van der Waals surface area contributed by atoms with Crippen molar-refractivity contribution < 1.29 is 32.6 Å². The van der Waals surface area contributed by atoms with Gasteiger partial charge in [0.2, 0.25) is 0 Å². The fourth-order valence-corrected chi connectivity index (χ4v) is 4.39. The SMILES string of the molecule is Nc1ncnn2cc(C(=O)O)c(-c3ccc(NC(=O)Nc4cc(C(F)(F)F)ccc4N4CCOCC4)cc3)c12. The molecule has 0 spiro atoms. The molecular formula is C25H22F3N7O4. The molecule has 0 atom stereocenters. The number of nitrogen functional groups attached to an aromatic ring is 1. The van der Waals surface area contributed by atoms with Gasteiger partial charge in [-0.3, -0.25) is 0 Å². The van der Waals surface area contributed by atoms with Crippen molar-refractivity contribution in [3.63, 3.8) is 0 Å². The summed E-state index contributed by atoms with van der Waals surface area (Å²) in [5.41, 5.74) is 6.90. The average molecular weight is 541 g/mol. The number of benzene rings is 2. The summed E-state index contributed by atoms with van der Waals surface area (Å²) in [7, 11) is 0. The highest BCUT2D eigenvalue weighted by molar-refractivity contribution is 6.05. The first kappa shape index (κ1) is 25.8. The number of carboxylic acid groups (broad SMARTS) is 1. The summed E-state index contributed by atoms with van der Waals surface area (Å²) in [6.45, 7) is 1.76. The van der Waals surface area contributed by atoms with Gasteiger partial charge in [-0.15, -0.1) is 0 Å². The molecule has 5 N–H and O–H groups in total. The Morgan fingerprint density at radius 3 is 2.44 bits per heavy atom. The molecule has 0 aliphatic carbocycles. The number of fused-ring (bicyclic) bond motifs is 1. The fraction of sp³-hybridized carbons (Fsp3) is 0.200. The number of nitrogens with zero attached hydrogens (tertiary/aromatic N) is 4. The molecule has 39 heavy (non-hydrogen) atoms. The maximum Gasteiger partial charge on any atom is 0.416 e. The number of nitrogens with one attached hydrogen (secondary N) is 2. The molecule has 1 aliphatic rings. The number of amides is 2. The number of hydrogen-bond acceptors (Lipinski definition) is 7. The number of carbonyl (C=O) groups is 2. The van der Waals surface area contributed by atoms with Crippen LogP contribution < -0.4 is 21.3 Å². The number of halogens is 3. The third-order valence-electron chi connectivity index (χ3n) is 6.19. The topological polar surface area (TPSA) is 147 Å². The van der Waals surface area contributed by atoms with Crippen molar-refractivity contribution in [1.82, 2.24) is 14.6 Å². The van der Waals surface area contributed by atoms with Gasteiger partial charge in [0.15, 0.2) is 5.82 Å². The van der Waals surface area contributed by atoms with Crippen LogP contribution in [0.25, 0.3) is 16.6 Å². The van der Waals surface area contributed by atoms with Gasteiger partial charge in [0, 0.05) is 30.5 Å². The predicted molar refractivity (Wildman–Crippen MR) is 137 cm³/mol. The van der Waals surface area contributed by atoms with Gasteiger partial charge in [-0.1, -0.05) is 12.1 Å². The van der Waals surface area contributed by atoms with Crippen molar-refractivity contribution in [3.05, 3.63) is 66.1 Å². The zero-order valence-electron chi connectivity index (χ0n) is 20.2. The standard InChI is InChI=1S/C25H22F3N7O4/c26-25(27,28)15-3-6-19(34-7-9-39-10-8-34)18(11-15)33-24(38)32-16-4-1-14(2-5-16)20-17(23(36)37)12-35-21(20)22(29)30-13-31-35/h1-6,11-13H,7-10H2,(H,36,37)(H2,29,30,31)(H2,32,33,38). The van der Waals surface area contributed by atoms with Crippen LogP contribution in [0.2, 0.25) is 0 Å². The number of hydrogen-bond donors (Lipinski definition) is 4. The van der Waals surface area contributed by atoms with Crippen LogP contribution in [-0.2, 0) is 10.9 Å². The molecular weight excluding hydrogens is 519 g/mol. The second-order valence-electron chi connectivity index (χ2n) is 8.65. The largest absolute Gasteiger partial charge is 0.478 e. The molecule has 0 radical (unpaired) electrons. The second kappa shape index (κ2) is 10.1. The molecule has 1 fully saturated rings. The van der Waals surface area contributed by atoms with Gasteiger partial charge < -0.3 is 31.1 Å². The molecule has 1 saturated heterocycles. The Kier molecular flexibility index (Phi) is 6.70. The van der Waals surface area contributed by atoms with Crippen molar-refractivity contribution in [2.75, 3.05) is 47.6 Å². The smallest absolute Gasteiger partial charge is 0.416 e. The summed E-state index contributed by atoms with van der Waals surface area (Å²) in [6.07, 6.45) is -2.05. The molecule has 0 bridgehead atoms. The number of alkyl halides is 3. The van der Waals surface area contributed by atoms with Crippen LogP contribution in [0.3, 0.4) is 0 Å². The van der Waals surface area contributed by atoms with Gasteiger partial charge in [0.05, 0.1) is 35.7 Å². The Labute approximate surface area is 219 Å². The number of carbonyl (C=O) groups excluding carboxylic acids is 1. The molecule has 11 nitrogen and oxygen atoms in total. The Morgan fingerprint density at radius 2 is 1.77 bits per heavy atom. The number of carboxylic acids is 1. The van der Waals surface area contributed by atoms with Gasteiger partial charge in [0.25, 0.3) is 0 Å². The molecule has 14 heteroatoms. The summed E-state index contributed by atoms with van der Waals surface area (Å²) in [4.78, 5) is 30.4. The van der Waals surface area contributed by atoms with Crippen LogP contribution in [0.5, 0.6) is 0 Å². The highest BCUT2D eigenvalue weighted by atomic mass is 19.4. The van der Waals surface area contributed by atoms with E-state index in [0.29, 0.717) is 54.3 Å². The van der Waals surface area contributed by atoms with Gasteiger partial charge in [-0.2, -0.15) is 18.3 Å². The number of morpholine rings is 1. The molecule has 0 unspecified atom stereocenters. The lowest BCUT2D eigenvalue weighted by Gasteiger charge is -2.31. The number of aromatic nitrogens is 3. The van der Waals surface area contributed by atoms with E-state index in [1.807, 2.05) is 4.90 Å². The second-order valence-corrected chi connectivity index (χ2v) is 8.65. The van der Waals surface area contributed by atoms with Gasteiger partial charge in [0.1, 0.15) is 11.8 Å². The third kappa shape index (κ3) is 5.27. The lowest BCUT2D eigenvalue weighted by Crippen LogP contribution is -2.37. The van der Waals surface area contributed by atoms with E-state index in [1.165, 1.54) is 35.2 Å². The maximum atomic E-state index is 13.4. The first-order valence-corrected chi connectivity index (χ1v) is 11.7. The lowest BCUT2D eigenvalue weighted by molar-refractivity contribution is -0.137. The van der Waals surface area contributed by atoms with Crippen LogP contribution in [0.15, 0.2) is 55.0 Å². The van der Waals surface area contributed by atoms with Crippen LogP contribution in [0.4, 0.5) is 40.8 Å². The summed E-state index contributed by atoms with van der Waals surface area (Å²) < 4.78 is 46.7. The fourth-order valence-electron chi connectivity index (χ4n) is 4.39. The van der Waals surface area contributed by atoms with E-state index in [9.17, 15) is 27.9 Å². The third-order valence-corrected chi connectivity index (χ3v) is 6.19. The number of urea groups is 1. The van der Waals surface area contributed by atoms with E-state index in [2.05, 4.69) is 20.7 Å². The van der Waals surface area contributed by atoms with E-state index >= 15 is 0 Å². The Bertz CT molecular complexity index is 1550. The lowest BCUT2D eigenvalue weighted by atomic mass is 10.0. The monoisotopic (exact) mass is 541 g/mol. The van der Waals surface area contributed by atoms with Crippen molar-refractivity contribution in [1.29, 1.82) is 0 Å². The van der Waals surface area contributed by atoms with Crippen molar-refractivity contribution >= 4 is 40.4 Å². The van der Waals surface area contributed by atoms with E-state index in [4.69, 9.17) is 10.5 Å². The van der Waals surface area contributed by atoms with Crippen LogP contribution in [0.1, 0.15) is 15.9 Å². The number of rotatable bonds is 5. The minimum Gasteiger partial charge on any atom is -0.478 e. The molecule has 2 aromatic carbocycles. The number of anilines is 4. The molecule has 1 aliphatic heterocycles. The van der Waals surface area contributed by atoms with Gasteiger partial charge in [-0.05, 0) is 35.9 Å². The summed E-state index contributed by atoms with van der Waals surface area (Å²) in [5, 5.41) is 18.8. The minimum absolute atomic E-state index is 0.00250. The number of aromatic carboxylic acids is 1. The molecule has 4 aromatic rings. The van der Waals surface area contributed by atoms with Gasteiger partial charge >= 0.3 is 18.2 Å². The first-order valence-electron chi connectivity index (χ1n) is 11.7. The quantitative estimate of drug-likeness (QED) is 0.294. The van der Waals surface area contributed by atoms with Crippen LogP contribution in [0, 0.1) is 0 Å². The average Bonchev–Trinajstić information content (AvgIpc) is 3.30. The summed E-state index contributed by atoms with van der Waals surface area (Å²) in [5.74, 6) is -1.10. The molecule has 0 saturated carbocycles. The van der Waals surface area contributed by atoms with Crippen LogP contribution >= 0.6 is 0 Å². The number of nitrogens with two attached hydrogens (primary N) is 1. The van der Waals surface area contributed by atoms with Crippen molar-refractivity contribution in [2.24, 2.45) is 0 Å². The zero-order chi connectivity index (χ0) is 27.7. The highest BCUT2D eigenvalue weighted by Gasteiger charge is 2.32. The first-order chi connectivity index (χ1) is 18.6. The Balaban J connectivity index is 1.39. The summed E-state index contributed by atoms with van der Waals surface area (Å²) >= 11 is 0. The molecule has 3 heterocycles. The Hall–Kier alpha value is -4.85. The molecule has 202 valence electrons. The molecule has 2 amide bonds. The van der Waals surface area contributed by atoms with E-state index < -0.39 is 23.7 Å². The van der Waals surface area contributed by atoms with Crippen LogP contribution in [-0.4, -0.2) is 58.0 Å². The normalized spacial score (nSPS) is 13.9. The number of ether oxygens (including phenoxy) is 1. The zero-order valence-corrected chi connectivity index (χ0v) is 20.2. The maximum absolute atomic E-state index is 13.4. The minimum atomic E-state index is -4.58. The van der Waals surface area contributed by atoms with Crippen molar-refractivity contribution in [2.45, 2.75) is 6.18 Å². The Morgan fingerprint density at radius 1 is 1.05 bits per heavy atom. The van der Waals surface area contributed by atoms with E-state index in [0.717, 1.165) is 12.1 Å².